The lowest BCUT2D eigenvalue weighted by atomic mass is 10.2. The summed E-state index contributed by atoms with van der Waals surface area (Å²) < 4.78 is 27.7. The van der Waals surface area contributed by atoms with Crippen molar-refractivity contribution in [1.29, 1.82) is 0 Å². The lowest BCUT2D eigenvalue weighted by molar-refractivity contribution is 0.0698. The molecule has 3 rings (SSSR count). The number of hydrogen-bond donors (Lipinski definition) is 2. The number of carboxylic acids is 1. The molecule has 0 bridgehead atoms. The molecule has 2 aromatic carbocycles. The molecule has 130 valence electrons. The summed E-state index contributed by atoms with van der Waals surface area (Å²) in [5, 5.41) is 9.87. The molecule has 0 radical (unpaired) electrons. The van der Waals surface area contributed by atoms with Crippen molar-refractivity contribution in [2.75, 3.05) is 4.72 Å². The van der Waals surface area contributed by atoms with Crippen LogP contribution in [0.25, 0.3) is 10.9 Å². The molecule has 0 aliphatic heterocycles. The van der Waals surface area contributed by atoms with Crippen molar-refractivity contribution in [3.63, 3.8) is 0 Å². The van der Waals surface area contributed by atoms with E-state index in [0.29, 0.717) is 5.39 Å². The molecule has 0 saturated carbocycles. The average molecular weight is 379 g/mol. The number of aromatic nitrogens is 1. The van der Waals surface area contributed by atoms with Crippen molar-refractivity contribution in [3.05, 3.63) is 65.3 Å². The molecule has 8 heteroatoms. The number of aromatic carboxylic acids is 1. The number of rotatable bonds is 4. The number of carbonyl (C=O) groups is 1. The van der Waals surface area contributed by atoms with Gasteiger partial charge in [0.05, 0.1) is 21.8 Å². The average Bonchev–Trinajstić information content (AvgIpc) is 2.55. The lowest BCUT2D eigenvalue weighted by Gasteiger charge is -2.13. The topological polar surface area (TPSA) is 96.4 Å². The van der Waals surface area contributed by atoms with E-state index >= 15 is 0 Å². The van der Waals surface area contributed by atoms with Crippen LogP contribution in [-0.4, -0.2) is 24.5 Å². The fraction of sp³-hybridized carbons (Fsp3) is 0.0588. The summed E-state index contributed by atoms with van der Waals surface area (Å²) >= 11 is 5.98. The minimum Gasteiger partial charge on any atom is -0.478 e. The maximum atomic E-state index is 12.7. The van der Waals surface area contributed by atoms with Crippen LogP contribution in [0.5, 0.6) is 0 Å². The van der Waals surface area contributed by atoms with Gasteiger partial charge in [-0.1, -0.05) is 43.3 Å². The van der Waals surface area contributed by atoms with Gasteiger partial charge in [-0.05, 0) is 24.3 Å². The molecule has 25 heavy (non-hydrogen) atoms. The highest BCUT2D eigenvalue weighted by Gasteiger charge is 2.22. The summed E-state index contributed by atoms with van der Waals surface area (Å²) in [5.41, 5.74) is -0.129. The number of para-hydroxylation sites is 2. The monoisotopic (exact) mass is 378 g/mol. The molecule has 0 fully saturated rings. The molecule has 0 spiro atoms. The van der Waals surface area contributed by atoms with Crippen LogP contribution in [-0.2, 0) is 10.0 Å². The first-order chi connectivity index (χ1) is 11.4. The second kappa shape index (κ2) is 7.08. The van der Waals surface area contributed by atoms with E-state index in [1.807, 2.05) is 0 Å². The molecule has 1 heterocycles. The molecule has 6 nitrogen and oxygen atoms in total. The predicted octanol–water partition coefficient (Wildman–Crippen LogP) is 4.02. The Balaban J connectivity index is 0.00000225. The third-order valence-electron chi connectivity index (χ3n) is 3.37. The van der Waals surface area contributed by atoms with E-state index in [2.05, 4.69) is 9.71 Å². The van der Waals surface area contributed by atoms with Gasteiger partial charge in [-0.25, -0.2) is 13.2 Å². The van der Waals surface area contributed by atoms with Crippen LogP contribution in [0.1, 0.15) is 17.8 Å². The SMILES string of the molecule is C.O=C(O)c1cccc(Cl)c1NS(=O)(=O)c1cccc2cccnc12. The Morgan fingerprint density at radius 1 is 1.08 bits per heavy atom. The zero-order chi connectivity index (χ0) is 17.3. The van der Waals surface area contributed by atoms with Crippen molar-refractivity contribution < 1.29 is 18.3 Å². The van der Waals surface area contributed by atoms with E-state index in [1.165, 1.54) is 30.5 Å². The zero-order valence-electron chi connectivity index (χ0n) is 12.1. The number of nitrogens with zero attached hydrogens (tertiary/aromatic N) is 1. The normalized spacial score (nSPS) is 10.9. The first kappa shape index (κ1) is 18.7. The summed E-state index contributed by atoms with van der Waals surface area (Å²) in [5.74, 6) is -1.29. The third-order valence-corrected chi connectivity index (χ3v) is 5.06. The van der Waals surface area contributed by atoms with Crippen LogP contribution in [0.15, 0.2) is 59.6 Å². The van der Waals surface area contributed by atoms with Gasteiger partial charge in [-0.3, -0.25) is 9.71 Å². The Kier molecular flexibility index (Phi) is 5.30. The number of nitrogens with one attached hydrogen (secondary N) is 1. The molecule has 0 unspecified atom stereocenters. The summed E-state index contributed by atoms with van der Waals surface area (Å²) in [6.45, 7) is 0. The quantitative estimate of drug-likeness (QED) is 0.714. The summed E-state index contributed by atoms with van der Waals surface area (Å²) in [6, 6.07) is 12.3. The lowest BCUT2D eigenvalue weighted by Crippen LogP contribution is -2.16. The Morgan fingerprint density at radius 3 is 2.48 bits per heavy atom. The Labute approximate surface area is 150 Å². The van der Waals surface area contributed by atoms with Crippen LogP contribution in [0, 0.1) is 0 Å². The minimum atomic E-state index is -4.08. The van der Waals surface area contributed by atoms with Crippen molar-refractivity contribution >= 4 is 44.2 Å². The van der Waals surface area contributed by atoms with Crippen LogP contribution in [0.2, 0.25) is 5.02 Å². The van der Waals surface area contributed by atoms with E-state index in [-0.39, 0.29) is 34.1 Å². The molecule has 0 aliphatic rings. The van der Waals surface area contributed by atoms with Gasteiger partial charge in [-0.2, -0.15) is 0 Å². The number of anilines is 1. The molecule has 0 aliphatic carbocycles. The van der Waals surface area contributed by atoms with Crippen LogP contribution in [0.3, 0.4) is 0 Å². The van der Waals surface area contributed by atoms with E-state index in [9.17, 15) is 18.3 Å². The predicted molar refractivity (Wildman–Crippen MR) is 97.7 cm³/mol. The molecular weight excluding hydrogens is 364 g/mol. The summed E-state index contributed by atoms with van der Waals surface area (Å²) in [6.07, 6.45) is 1.49. The second-order valence-electron chi connectivity index (χ2n) is 4.90. The maximum Gasteiger partial charge on any atom is 0.337 e. The van der Waals surface area contributed by atoms with Gasteiger partial charge in [-0.15, -0.1) is 0 Å². The highest BCUT2D eigenvalue weighted by molar-refractivity contribution is 7.93. The van der Waals surface area contributed by atoms with Gasteiger partial charge in [0.1, 0.15) is 4.90 Å². The first-order valence-electron chi connectivity index (χ1n) is 6.78. The smallest absolute Gasteiger partial charge is 0.337 e. The van der Waals surface area contributed by atoms with Crippen molar-refractivity contribution in [1.82, 2.24) is 4.98 Å². The number of carboxylic acid groups (broad SMARTS) is 1. The first-order valence-corrected chi connectivity index (χ1v) is 8.64. The molecule has 0 atom stereocenters. The molecule has 0 saturated heterocycles. The molecule has 1 aromatic heterocycles. The van der Waals surface area contributed by atoms with Crippen molar-refractivity contribution in [3.8, 4) is 0 Å². The number of hydrogen-bond acceptors (Lipinski definition) is 4. The van der Waals surface area contributed by atoms with Gasteiger partial charge in [0.2, 0.25) is 0 Å². The van der Waals surface area contributed by atoms with E-state index < -0.39 is 16.0 Å². The van der Waals surface area contributed by atoms with E-state index in [4.69, 9.17) is 11.6 Å². The van der Waals surface area contributed by atoms with Gasteiger partial charge < -0.3 is 5.11 Å². The number of sulfonamides is 1. The largest absolute Gasteiger partial charge is 0.478 e. The van der Waals surface area contributed by atoms with Gasteiger partial charge in [0.15, 0.2) is 0 Å². The number of fused-ring (bicyclic) bond motifs is 1. The highest BCUT2D eigenvalue weighted by Crippen LogP contribution is 2.30. The second-order valence-corrected chi connectivity index (χ2v) is 6.96. The molecule has 2 N–H and O–H groups in total. The third kappa shape index (κ3) is 3.57. The van der Waals surface area contributed by atoms with Gasteiger partial charge in [0.25, 0.3) is 10.0 Å². The highest BCUT2D eigenvalue weighted by atomic mass is 35.5. The maximum absolute atomic E-state index is 12.7. The Bertz CT molecular complexity index is 1050. The standard InChI is InChI=1S/C16H11ClN2O4S.CH4/c17-12-7-2-6-11(16(20)21)15(12)19-24(22,23)13-8-1-4-10-5-3-9-18-14(10)13;/h1-9,19H,(H,20,21);1H4. The van der Waals surface area contributed by atoms with Gasteiger partial charge >= 0.3 is 5.97 Å². The molecule has 0 amide bonds. The van der Waals surface area contributed by atoms with Crippen LogP contribution < -0.4 is 4.72 Å². The summed E-state index contributed by atoms with van der Waals surface area (Å²) in [4.78, 5) is 15.3. The molecule has 3 aromatic rings. The van der Waals surface area contributed by atoms with Crippen LogP contribution >= 0.6 is 11.6 Å². The molecular formula is C17H15ClN2O4S. The van der Waals surface area contributed by atoms with Crippen LogP contribution in [0.4, 0.5) is 5.69 Å². The summed E-state index contributed by atoms with van der Waals surface area (Å²) in [7, 11) is -4.08. The minimum absolute atomic E-state index is 0. The zero-order valence-corrected chi connectivity index (χ0v) is 13.7. The fourth-order valence-electron chi connectivity index (χ4n) is 2.29. The van der Waals surface area contributed by atoms with E-state index in [0.717, 1.165) is 0 Å². The van der Waals surface area contributed by atoms with Crippen molar-refractivity contribution in [2.45, 2.75) is 12.3 Å². The number of benzene rings is 2. The van der Waals surface area contributed by atoms with Crippen molar-refractivity contribution in [2.24, 2.45) is 0 Å². The fourth-order valence-corrected chi connectivity index (χ4v) is 3.85. The number of halogens is 1. The van der Waals surface area contributed by atoms with Gasteiger partial charge in [0, 0.05) is 11.6 Å². The number of pyridine rings is 1. The van der Waals surface area contributed by atoms with E-state index in [1.54, 1.807) is 24.3 Å². The Morgan fingerprint density at radius 2 is 1.76 bits per heavy atom. The Hall–Kier alpha value is -2.64.